The predicted molar refractivity (Wildman–Crippen MR) is 353 cm³/mol. The molecule has 0 aromatic carbocycles. The summed E-state index contributed by atoms with van der Waals surface area (Å²) in [6.07, 6.45) is 96.1. The van der Waals surface area contributed by atoms with Gasteiger partial charge in [-0.05, 0) is 135 Å². The van der Waals surface area contributed by atoms with Crippen LogP contribution in [0.15, 0.2) is 134 Å². The van der Waals surface area contributed by atoms with E-state index in [0.717, 1.165) is 148 Å². The van der Waals surface area contributed by atoms with E-state index >= 15 is 0 Å². The minimum atomic E-state index is -0.808. The third-order valence-corrected chi connectivity index (χ3v) is 14.1. The van der Waals surface area contributed by atoms with Crippen molar-refractivity contribution < 1.29 is 28.6 Å². The number of unbranched alkanes of at least 4 members (excludes halogenated alkanes) is 27. The quantitative estimate of drug-likeness (QED) is 0.0261. The fourth-order valence-corrected chi connectivity index (χ4v) is 9.14. The van der Waals surface area contributed by atoms with Crippen molar-refractivity contribution in [3.8, 4) is 0 Å². The molecule has 0 spiro atoms. The highest BCUT2D eigenvalue weighted by molar-refractivity contribution is 5.71. The SMILES string of the molecule is CC/C=C\C/C=C\C/C=C\C/C=C\CCCCCCC(=O)OCC(COC(=O)CCCCCCCCCCCCCCCC/C=C\C/C=C\C/C=C\CCCCCCC)OC(=O)CCCCCC/C=C\C/C=C\C/C=C\C/C=C\CC. The summed E-state index contributed by atoms with van der Waals surface area (Å²) in [5.41, 5.74) is 0. The van der Waals surface area contributed by atoms with E-state index in [0.29, 0.717) is 19.3 Å². The molecule has 0 aromatic rings. The lowest BCUT2D eigenvalue weighted by molar-refractivity contribution is -0.167. The first-order valence-electron chi connectivity index (χ1n) is 33.7. The molecule has 0 radical (unpaired) electrons. The van der Waals surface area contributed by atoms with Crippen molar-refractivity contribution in [2.75, 3.05) is 13.2 Å². The van der Waals surface area contributed by atoms with Crippen molar-refractivity contribution in [2.45, 2.75) is 309 Å². The zero-order valence-corrected chi connectivity index (χ0v) is 52.8. The molecule has 0 heterocycles. The summed E-state index contributed by atoms with van der Waals surface area (Å²) in [6.45, 7) is 6.38. The lowest BCUT2D eigenvalue weighted by Gasteiger charge is -2.18. The second-order valence-electron chi connectivity index (χ2n) is 22.0. The Morgan fingerprint density at radius 2 is 0.481 bits per heavy atom. The highest BCUT2D eigenvalue weighted by Gasteiger charge is 2.19. The monoisotopic (exact) mass is 1120 g/mol. The molecule has 0 bridgehead atoms. The molecule has 0 amide bonds. The molecular formula is C75H124O6. The minimum Gasteiger partial charge on any atom is -0.462 e. The molecule has 0 rings (SSSR count). The molecule has 0 N–H and O–H groups in total. The number of rotatable bonds is 60. The van der Waals surface area contributed by atoms with Gasteiger partial charge in [0, 0.05) is 19.3 Å². The number of hydrogen-bond donors (Lipinski definition) is 0. The number of carbonyl (C=O) groups is 3. The maximum absolute atomic E-state index is 12.9. The maximum atomic E-state index is 12.9. The summed E-state index contributed by atoms with van der Waals surface area (Å²) in [4.78, 5) is 38.4. The van der Waals surface area contributed by atoms with Crippen molar-refractivity contribution in [2.24, 2.45) is 0 Å². The Balaban J connectivity index is 4.35. The maximum Gasteiger partial charge on any atom is 0.306 e. The number of hydrogen-bond acceptors (Lipinski definition) is 6. The van der Waals surface area contributed by atoms with E-state index in [1.54, 1.807) is 0 Å². The third kappa shape index (κ3) is 66.2. The summed E-state index contributed by atoms with van der Waals surface area (Å²) < 4.78 is 16.9. The van der Waals surface area contributed by atoms with E-state index in [9.17, 15) is 14.4 Å². The molecule has 6 nitrogen and oxygen atoms in total. The first kappa shape index (κ1) is 76.5. The van der Waals surface area contributed by atoms with Gasteiger partial charge in [0.25, 0.3) is 0 Å². The summed E-state index contributed by atoms with van der Waals surface area (Å²) in [7, 11) is 0. The first-order chi connectivity index (χ1) is 40.0. The van der Waals surface area contributed by atoms with Crippen LogP contribution in [0.4, 0.5) is 0 Å². The summed E-state index contributed by atoms with van der Waals surface area (Å²) >= 11 is 0. The third-order valence-electron chi connectivity index (χ3n) is 14.1. The molecule has 0 saturated heterocycles. The second kappa shape index (κ2) is 68.1. The van der Waals surface area contributed by atoms with Crippen LogP contribution in [0.3, 0.4) is 0 Å². The van der Waals surface area contributed by atoms with Gasteiger partial charge in [0.2, 0.25) is 0 Å². The average Bonchev–Trinajstić information content (AvgIpc) is 3.47. The van der Waals surface area contributed by atoms with Gasteiger partial charge < -0.3 is 14.2 Å². The van der Waals surface area contributed by atoms with Gasteiger partial charge >= 0.3 is 17.9 Å². The van der Waals surface area contributed by atoms with Crippen LogP contribution in [0.1, 0.15) is 303 Å². The van der Waals surface area contributed by atoms with E-state index in [1.165, 1.54) is 116 Å². The van der Waals surface area contributed by atoms with Gasteiger partial charge in [-0.15, -0.1) is 0 Å². The lowest BCUT2D eigenvalue weighted by Crippen LogP contribution is -2.30. The van der Waals surface area contributed by atoms with Gasteiger partial charge in [0.15, 0.2) is 6.10 Å². The second-order valence-corrected chi connectivity index (χ2v) is 22.0. The molecule has 0 saturated carbocycles. The minimum absolute atomic E-state index is 0.0993. The topological polar surface area (TPSA) is 78.9 Å². The zero-order valence-electron chi connectivity index (χ0n) is 52.8. The Morgan fingerprint density at radius 3 is 0.753 bits per heavy atom. The van der Waals surface area contributed by atoms with Crippen LogP contribution in [0, 0.1) is 0 Å². The van der Waals surface area contributed by atoms with Crippen LogP contribution < -0.4 is 0 Å². The van der Waals surface area contributed by atoms with Gasteiger partial charge in [0.1, 0.15) is 13.2 Å². The Labute approximate surface area is 500 Å². The molecular weight excluding hydrogens is 997 g/mol. The fraction of sp³-hybridized carbons (Fsp3) is 0.667. The fourth-order valence-electron chi connectivity index (χ4n) is 9.14. The van der Waals surface area contributed by atoms with Crippen LogP contribution in [-0.2, 0) is 28.6 Å². The number of ether oxygens (including phenoxy) is 3. The molecule has 81 heavy (non-hydrogen) atoms. The van der Waals surface area contributed by atoms with Crippen molar-refractivity contribution in [3.05, 3.63) is 134 Å². The molecule has 6 heteroatoms. The Morgan fingerprint density at radius 1 is 0.259 bits per heavy atom. The van der Waals surface area contributed by atoms with Crippen LogP contribution in [-0.4, -0.2) is 37.2 Å². The van der Waals surface area contributed by atoms with Crippen molar-refractivity contribution in [1.82, 2.24) is 0 Å². The number of esters is 3. The lowest BCUT2D eigenvalue weighted by atomic mass is 10.0. The molecule has 1 unspecified atom stereocenters. The van der Waals surface area contributed by atoms with E-state index in [4.69, 9.17) is 14.2 Å². The van der Waals surface area contributed by atoms with Crippen molar-refractivity contribution in [3.63, 3.8) is 0 Å². The Kier molecular flexibility index (Phi) is 64.3. The first-order valence-corrected chi connectivity index (χ1v) is 33.7. The van der Waals surface area contributed by atoms with Crippen molar-refractivity contribution in [1.29, 1.82) is 0 Å². The molecule has 460 valence electrons. The van der Waals surface area contributed by atoms with Gasteiger partial charge in [0.05, 0.1) is 0 Å². The average molecular weight is 1120 g/mol. The largest absolute Gasteiger partial charge is 0.462 e. The molecule has 0 aromatic heterocycles. The predicted octanol–water partition coefficient (Wildman–Crippen LogP) is 23.3. The standard InChI is InChI=1S/C75H124O6/c1-4-7-10-13-16-19-22-25-28-31-32-33-34-35-36-37-38-39-40-41-42-45-47-50-53-56-59-62-65-68-74(77)80-71-72(81-75(78)69-66-63-60-57-54-51-48-44-30-27-24-21-18-15-12-9-6-3)70-79-73(76)67-64-61-58-55-52-49-46-43-29-26-23-20-17-14-11-8-5-2/h8-9,11-12,17-18,20-22,25-27,29-32,34-35,46,48-49,51,72H,4-7,10,13-16,19,23-24,28,33,36-45,47,50,52-71H2,1-3H3/b11-8-,12-9-,20-17-,21-18-,25-22-,29-26-,30-27-,32-31-,35-34-,49-46-,51-48-. The normalized spacial score (nSPS) is 13.0. The van der Waals surface area contributed by atoms with Gasteiger partial charge in [-0.3, -0.25) is 14.4 Å². The summed E-state index contributed by atoms with van der Waals surface area (Å²) in [5, 5.41) is 0. The van der Waals surface area contributed by atoms with E-state index < -0.39 is 6.10 Å². The van der Waals surface area contributed by atoms with Gasteiger partial charge in [-0.1, -0.05) is 283 Å². The summed E-state index contributed by atoms with van der Waals surface area (Å²) in [5.74, 6) is -0.944. The van der Waals surface area contributed by atoms with Gasteiger partial charge in [-0.25, -0.2) is 0 Å². The Hall–Kier alpha value is -4.45. The molecule has 0 aliphatic heterocycles. The van der Waals surface area contributed by atoms with E-state index in [2.05, 4.69) is 154 Å². The molecule has 0 aliphatic rings. The molecule has 0 fully saturated rings. The van der Waals surface area contributed by atoms with E-state index in [-0.39, 0.29) is 31.1 Å². The van der Waals surface area contributed by atoms with E-state index in [1.807, 2.05) is 0 Å². The van der Waals surface area contributed by atoms with Crippen LogP contribution >= 0.6 is 0 Å². The van der Waals surface area contributed by atoms with Gasteiger partial charge in [-0.2, -0.15) is 0 Å². The van der Waals surface area contributed by atoms with Crippen LogP contribution in [0.25, 0.3) is 0 Å². The highest BCUT2D eigenvalue weighted by atomic mass is 16.6. The summed E-state index contributed by atoms with van der Waals surface area (Å²) in [6, 6.07) is 0. The van der Waals surface area contributed by atoms with Crippen molar-refractivity contribution >= 4 is 17.9 Å². The smallest absolute Gasteiger partial charge is 0.306 e. The zero-order chi connectivity index (χ0) is 58.5. The Bertz CT molecular complexity index is 1720. The highest BCUT2D eigenvalue weighted by Crippen LogP contribution is 2.16. The number of allylic oxidation sites excluding steroid dienone is 22. The van der Waals surface area contributed by atoms with Crippen LogP contribution in [0.5, 0.6) is 0 Å². The van der Waals surface area contributed by atoms with Crippen LogP contribution in [0.2, 0.25) is 0 Å². The molecule has 0 aliphatic carbocycles. The molecule has 1 atom stereocenters. The number of carbonyl (C=O) groups excluding carboxylic acids is 3.